The summed E-state index contributed by atoms with van der Waals surface area (Å²) >= 11 is 0. The molecule has 1 N–H and O–H groups in total. The molecule has 0 saturated carbocycles. The molecule has 0 saturated heterocycles. The van der Waals surface area contributed by atoms with Gasteiger partial charge in [-0.15, -0.1) is 0 Å². The minimum Gasteiger partial charge on any atom is -0.378 e. The lowest BCUT2D eigenvalue weighted by molar-refractivity contribution is -0.393. The van der Waals surface area contributed by atoms with Gasteiger partial charge in [-0.25, -0.2) is 0 Å². The van der Waals surface area contributed by atoms with Gasteiger partial charge < -0.3 is 10.2 Å². The Morgan fingerprint density at radius 3 is 2.25 bits per heavy atom. The average molecular weight is 282 g/mol. The second-order valence-electron chi connectivity index (χ2n) is 5.28. The lowest BCUT2D eigenvalue weighted by Crippen LogP contribution is -2.44. The van der Waals surface area contributed by atoms with Crippen molar-refractivity contribution in [2.75, 3.05) is 26.0 Å². The van der Waals surface area contributed by atoms with E-state index >= 15 is 0 Å². The summed E-state index contributed by atoms with van der Waals surface area (Å²) in [5.74, 6) is 0. The molecule has 0 atom stereocenters. The first-order valence-corrected chi connectivity index (χ1v) is 5.99. The van der Waals surface area contributed by atoms with Crippen molar-refractivity contribution in [2.24, 2.45) is 0 Å². The summed E-state index contributed by atoms with van der Waals surface area (Å²) in [5, 5.41) is 24.6. The van der Waals surface area contributed by atoms with Crippen LogP contribution in [0.1, 0.15) is 13.8 Å². The number of benzene rings is 1. The van der Waals surface area contributed by atoms with E-state index in [0.717, 1.165) is 6.07 Å². The lowest BCUT2D eigenvalue weighted by atomic mass is 10.0. The summed E-state index contributed by atoms with van der Waals surface area (Å²) in [6, 6.07) is 3.57. The molecule has 0 bridgehead atoms. The summed E-state index contributed by atoms with van der Waals surface area (Å²) in [5.41, 5.74) is -0.534. The Labute approximate surface area is 116 Å². The molecular formula is C12H18N4O4. The van der Waals surface area contributed by atoms with Crippen LogP contribution in [0, 0.1) is 20.2 Å². The van der Waals surface area contributed by atoms with E-state index in [4.69, 9.17) is 0 Å². The highest BCUT2D eigenvalue weighted by Crippen LogP contribution is 2.29. The Balaban J connectivity index is 3.01. The van der Waals surface area contributed by atoms with Crippen LogP contribution in [0.2, 0.25) is 0 Å². The van der Waals surface area contributed by atoms with Gasteiger partial charge in [0.2, 0.25) is 0 Å². The van der Waals surface area contributed by atoms with Crippen molar-refractivity contribution in [3.05, 3.63) is 38.4 Å². The number of nitrogens with zero attached hydrogens (tertiary/aromatic N) is 3. The third kappa shape index (κ3) is 3.64. The number of hydrogen-bond donors (Lipinski definition) is 1. The Kier molecular flexibility index (Phi) is 4.61. The van der Waals surface area contributed by atoms with Gasteiger partial charge in [-0.2, -0.15) is 0 Å². The molecule has 110 valence electrons. The molecule has 0 fully saturated rings. The quantitative estimate of drug-likeness (QED) is 0.634. The first-order valence-electron chi connectivity index (χ1n) is 5.99. The molecule has 0 radical (unpaired) electrons. The van der Waals surface area contributed by atoms with Crippen LogP contribution in [0.4, 0.5) is 17.1 Å². The molecule has 0 amide bonds. The normalized spacial score (nSPS) is 11.4. The van der Waals surface area contributed by atoms with Crippen molar-refractivity contribution >= 4 is 17.1 Å². The van der Waals surface area contributed by atoms with Crippen LogP contribution in [0.15, 0.2) is 18.2 Å². The van der Waals surface area contributed by atoms with E-state index in [1.165, 1.54) is 12.1 Å². The van der Waals surface area contributed by atoms with E-state index in [1.54, 1.807) is 0 Å². The van der Waals surface area contributed by atoms with Crippen molar-refractivity contribution in [2.45, 2.75) is 19.4 Å². The topological polar surface area (TPSA) is 102 Å². The van der Waals surface area contributed by atoms with Crippen molar-refractivity contribution in [1.29, 1.82) is 0 Å². The second kappa shape index (κ2) is 5.83. The molecule has 0 spiro atoms. The summed E-state index contributed by atoms with van der Waals surface area (Å²) in [6.07, 6.45) is 0. The fraction of sp³-hybridized carbons (Fsp3) is 0.500. The SMILES string of the molecule is CN(C)C(C)(C)CNc1ccc([N+](=O)[O-])cc1[N+](=O)[O-]. The Morgan fingerprint density at radius 2 is 1.80 bits per heavy atom. The molecule has 1 aromatic rings. The Hall–Kier alpha value is -2.22. The first-order chi connectivity index (χ1) is 9.15. The number of nitro groups is 2. The zero-order chi connectivity index (χ0) is 15.5. The van der Waals surface area contributed by atoms with Gasteiger partial charge in [0.1, 0.15) is 5.69 Å². The number of nitrogens with one attached hydrogen (secondary N) is 1. The van der Waals surface area contributed by atoms with Crippen LogP contribution in [0.3, 0.4) is 0 Å². The summed E-state index contributed by atoms with van der Waals surface area (Å²) in [4.78, 5) is 22.3. The number of non-ortho nitro benzene ring substituents is 1. The molecular weight excluding hydrogens is 264 g/mol. The van der Waals surface area contributed by atoms with E-state index in [9.17, 15) is 20.2 Å². The fourth-order valence-electron chi connectivity index (χ4n) is 1.40. The largest absolute Gasteiger partial charge is 0.378 e. The molecule has 0 unspecified atom stereocenters. The maximum Gasteiger partial charge on any atom is 0.299 e. The highest BCUT2D eigenvalue weighted by atomic mass is 16.6. The minimum atomic E-state index is -0.652. The number of hydrogen-bond acceptors (Lipinski definition) is 6. The molecule has 20 heavy (non-hydrogen) atoms. The van der Waals surface area contributed by atoms with E-state index in [2.05, 4.69) is 5.32 Å². The monoisotopic (exact) mass is 282 g/mol. The van der Waals surface area contributed by atoms with Crippen LogP contribution < -0.4 is 5.32 Å². The smallest absolute Gasteiger partial charge is 0.299 e. The van der Waals surface area contributed by atoms with Gasteiger partial charge in [-0.05, 0) is 34.0 Å². The third-order valence-corrected chi connectivity index (χ3v) is 3.31. The van der Waals surface area contributed by atoms with Gasteiger partial charge in [0.25, 0.3) is 11.4 Å². The van der Waals surface area contributed by atoms with Gasteiger partial charge >= 0.3 is 0 Å². The standard InChI is InChI=1S/C12H18N4O4/c1-12(2,14(3)4)8-13-10-6-5-9(15(17)18)7-11(10)16(19)20/h5-7,13H,8H2,1-4H3. The summed E-state index contributed by atoms with van der Waals surface area (Å²) in [7, 11) is 3.82. The van der Waals surface area contributed by atoms with Crippen LogP contribution >= 0.6 is 0 Å². The van der Waals surface area contributed by atoms with Crippen molar-refractivity contribution in [1.82, 2.24) is 4.90 Å². The van der Waals surface area contributed by atoms with E-state index in [-0.39, 0.29) is 22.6 Å². The Morgan fingerprint density at radius 1 is 1.20 bits per heavy atom. The van der Waals surface area contributed by atoms with Gasteiger partial charge in [0.05, 0.1) is 15.9 Å². The summed E-state index contributed by atoms with van der Waals surface area (Å²) in [6.45, 7) is 4.44. The molecule has 0 aromatic heterocycles. The Bertz CT molecular complexity index is 528. The maximum atomic E-state index is 11.0. The van der Waals surface area contributed by atoms with Crippen LogP contribution in [-0.4, -0.2) is 40.9 Å². The molecule has 1 aromatic carbocycles. The van der Waals surface area contributed by atoms with Crippen LogP contribution in [-0.2, 0) is 0 Å². The van der Waals surface area contributed by atoms with Crippen LogP contribution in [0.25, 0.3) is 0 Å². The number of rotatable bonds is 6. The maximum absolute atomic E-state index is 11.0. The summed E-state index contributed by atoms with van der Waals surface area (Å²) < 4.78 is 0. The third-order valence-electron chi connectivity index (χ3n) is 3.31. The molecule has 0 aliphatic carbocycles. The molecule has 8 heteroatoms. The minimum absolute atomic E-state index is 0.213. The van der Waals surface area contributed by atoms with Gasteiger partial charge in [0, 0.05) is 18.2 Å². The van der Waals surface area contributed by atoms with E-state index in [1.807, 2.05) is 32.8 Å². The molecule has 8 nitrogen and oxygen atoms in total. The second-order valence-corrected chi connectivity index (χ2v) is 5.28. The molecule has 0 aliphatic heterocycles. The van der Waals surface area contributed by atoms with Gasteiger partial charge in [0.15, 0.2) is 0 Å². The zero-order valence-corrected chi connectivity index (χ0v) is 11.9. The van der Waals surface area contributed by atoms with Gasteiger partial charge in [-0.3, -0.25) is 20.2 Å². The molecule has 0 aliphatic rings. The fourth-order valence-corrected chi connectivity index (χ4v) is 1.40. The lowest BCUT2D eigenvalue weighted by Gasteiger charge is -2.32. The molecule has 0 heterocycles. The highest BCUT2D eigenvalue weighted by molar-refractivity contribution is 5.65. The number of nitro benzene ring substituents is 2. The highest BCUT2D eigenvalue weighted by Gasteiger charge is 2.23. The van der Waals surface area contributed by atoms with Crippen molar-refractivity contribution in [3.8, 4) is 0 Å². The van der Waals surface area contributed by atoms with Crippen LogP contribution in [0.5, 0.6) is 0 Å². The van der Waals surface area contributed by atoms with Crippen molar-refractivity contribution in [3.63, 3.8) is 0 Å². The first kappa shape index (κ1) is 15.8. The van der Waals surface area contributed by atoms with Gasteiger partial charge in [-0.1, -0.05) is 0 Å². The van der Waals surface area contributed by atoms with E-state index in [0.29, 0.717) is 6.54 Å². The van der Waals surface area contributed by atoms with Crippen molar-refractivity contribution < 1.29 is 9.85 Å². The molecule has 1 rings (SSSR count). The predicted octanol–water partition coefficient (Wildman–Crippen LogP) is 2.26. The van der Waals surface area contributed by atoms with E-state index < -0.39 is 9.85 Å². The average Bonchev–Trinajstić information content (AvgIpc) is 2.35. The zero-order valence-electron chi connectivity index (χ0n) is 11.9. The number of anilines is 1. The predicted molar refractivity (Wildman–Crippen MR) is 76.0 cm³/mol. The number of likely N-dealkylation sites (N-methyl/N-ethyl adjacent to an activating group) is 1.